The fourth-order valence-corrected chi connectivity index (χ4v) is 4.32. The summed E-state index contributed by atoms with van der Waals surface area (Å²) in [6, 6.07) is 13.9. The first-order valence-corrected chi connectivity index (χ1v) is 11.0. The predicted octanol–water partition coefficient (Wildman–Crippen LogP) is 5.84. The molecule has 0 aliphatic carbocycles. The summed E-state index contributed by atoms with van der Waals surface area (Å²) in [7, 11) is 0. The molecule has 1 aliphatic heterocycles. The number of aryl methyl sites for hydroxylation is 1. The van der Waals surface area contributed by atoms with E-state index in [1.807, 2.05) is 37.3 Å². The molecule has 1 fully saturated rings. The lowest BCUT2D eigenvalue weighted by Gasteiger charge is -2.17. The van der Waals surface area contributed by atoms with Crippen LogP contribution in [-0.4, -0.2) is 29.2 Å². The first kappa shape index (κ1) is 20.9. The van der Waals surface area contributed by atoms with Gasteiger partial charge in [0.05, 0.1) is 11.4 Å². The van der Waals surface area contributed by atoms with Gasteiger partial charge >= 0.3 is 0 Å². The number of hydrogen-bond acceptors (Lipinski definition) is 4. The van der Waals surface area contributed by atoms with Crippen LogP contribution in [0.2, 0.25) is 0 Å². The number of benzene rings is 2. The van der Waals surface area contributed by atoms with E-state index in [-0.39, 0.29) is 24.3 Å². The van der Waals surface area contributed by atoms with Gasteiger partial charge in [0.1, 0.15) is 12.4 Å². The summed E-state index contributed by atoms with van der Waals surface area (Å²) >= 11 is 3.20. The standard InChI is InChI=1S/C22H22INO3S/c1-14(2)17-9-8-15(3)12-19(17)27-11-10-24-21(25)20(28-22(24)26)13-16-6-4-5-7-18(16)23/h4-9,12-14H,10-11H2,1-3H3/b20-13-. The number of nitrogens with zero attached hydrogens (tertiary/aromatic N) is 1. The number of imide groups is 1. The Hall–Kier alpha value is -1.80. The third kappa shape index (κ3) is 4.78. The van der Waals surface area contributed by atoms with Gasteiger partial charge in [0, 0.05) is 3.57 Å². The van der Waals surface area contributed by atoms with Gasteiger partial charge in [0.15, 0.2) is 0 Å². The Balaban J connectivity index is 1.68. The number of thioether (sulfide) groups is 1. The Morgan fingerprint density at radius 3 is 2.64 bits per heavy atom. The first-order valence-electron chi connectivity index (χ1n) is 9.10. The molecule has 1 heterocycles. The normalized spacial score (nSPS) is 15.8. The van der Waals surface area contributed by atoms with Crippen molar-refractivity contribution in [1.82, 2.24) is 4.90 Å². The van der Waals surface area contributed by atoms with Crippen molar-refractivity contribution in [3.05, 3.63) is 67.6 Å². The summed E-state index contributed by atoms with van der Waals surface area (Å²) in [5.74, 6) is 0.895. The Bertz CT molecular complexity index is 939. The largest absolute Gasteiger partial charge is 0.491 e. The number of amides is 2. The zero-order valence-electron chi connectivity index (χ0n) is 16.1. The van der Waals surface area contributed by atoms with Crippen molar-refractivity contribution < 1.29 is 14.3 Å². The highest BCUT2D eigenvalue weighted by Gasteiger charge is 2.34. The molecule has 146 valence electrons. The van der Waals surface area contributed by atoms with Crippen LogP contribution in [0.5, 0.6) is 5.75 Å². The Labute approximate surface area is 183 Å². The quantitative estimate of drug-likeness (QED) is 0.364. The third-order valence-corrected chi connectivity index (χ3v) is 6.32. The van der Waals surface area contributed by atoms with Crippen molar-refractivity contribution >= 4 is 51.6 Å². The molecule has 0 unspecified atom stereocenters. The maximum Gasteiger partial charge on any atom is 0.293 e. The number of halogens is 1. The van der Waals surface area contributed by atoms with Crippen molar-refractivity contribution in [2.75, 3.05) is 13.2 Å². The van der Waals surface area contributed by atoms with Crippen LogP contribution < -0.4 is 4.74 Å². The molecule has 2 aromatic rings. The van der Waals surface area contributed by atoms with E-state index in [0.29, 0.717) is 10.8 Å². The van der Waals surface area contributed by atoms with Crippen LogP contribution in [0.3, 0.4) is 0 Å². The molecule has 3 rings (SSSR count). The summed E-state index contributed by atoms with van der Waals surface area (Å²) in [5.41, 5.74) is 3.18. The van der Waals surface area contributed by atoms with E-state index in [4.69, 9.17) is 4.74 Å². The van der Waals surface area contributed by atoms with Crippen LogP contribution in [0.1, 0.15) is 36.5 Å². The van der Waals surface area contributed by atoms with E-state index in [1.165, 1.54) is 4.90 Å². The van der Waals surface area contributed by atoms with Crippen LogP contribution in [0, 0.1) is 10.5 Å². The van der Waals surface area contributed by atoms with E-state index in [9.17, 15) is 9.59 Å². The fourth-order valence-electron chi connectivity index (χ4n) is 2.92. The lowest BCUT2D eigenvalue weighted by molar-refractivity contribution is -0.123. The van der Waals surface area contributed by atoms with Gasteiger partial charge in [-0.1, -0.05) is 44.2 Å². The molecule has 2 amide bonds. The maximum atomic E-state index is 12.7. The summed E-state index contributed by atoms with van der Waals surface area (Å²) in [6.45, 7) is 6.76. The SMILES string of the molecule is Cc1ccc(C(C)C)c(OCCN2C(=O)S/C(=C\c3ccccc3I)C2=O)c1. The van der Waals surface area contributed by atoms with Crippen LogP contribution in [0.15, 0.2) is 47.4 Å². The summed E-state index contributed by atoms with van der Waals surface area (Å²) in [4.78, 5) is 26.7. The maximum absolute atomic E-state index is 12.7. The van der Waals surface area contributed by atoms with E-state index in [0.717, 1.165) is 37.8 Å². The van der Waals surface area contributed by atoms with Gasteiger partial charge in [-0.2, -0.15) is 0 Å². The zero-order valence-corrected chi connectivity index (χ0v) is 19.0. The molecule has 4 nitrogen and oxygen atoms in total. The molecule has 28 heavy (non-hydrogen) atoms. The van der Waals surface area contributed by atoms with Gasteiger partial charge in [-0.3, -0.25) is 14.5 Å². The molecular weight excluding hydrogens is 485 g/mol. The molecule has 1 aliphatic rings. The van der Waals surface area contributed by atoms with Crippen molar-refractivity contribution in [2.24, 2.45) is 0 Å². The Morgan fingerprint density at radius 2 is 1.93 bits per heavy atom. The number of hydrogen-bond donors (Lipinski definition) is 0. The predicted molar refractivity (Wildman–Crippen MR) is 123 cm³/mol. The van der Waals surface area contributed by atoms with E-state index >= 15 is 0 Å². The minimum atomic E-state index is -0.258. The summed E-state index contributed by atoms with van der Waals surface area (Å²) < 4.78 is 6.97. The number of carbonyl (C=O) groups is 2. The van der Waals surface area contributed by atoms with Crippen LogP contribution in [0.25, 0.3) is 6.08 Å². The first-order chi connectivity index (χ1) is 13.4. The second kappa shape index (κ2) is 9.13. The van der Waals surface area contributed by atoms with Gasteiger partial charge in [-0.05, 0) is 82.1 Å². The minimum absolute atomic E-state index is 0.235. The van der Waals surface area contributed by atoms with Crippen molar-refractivity contribution in [3.63, 3.8) is 0 Å². The molecule has 0 saturated carbocycles. The average Bonchev–Trinajstić information content (AvgIpc) is 2.91. The van der Waals surface area contributed by atoms with Crippen LogP contribution >= 0.6 is 34.4 Å². The molecule has 1 saturated heterocycles. The lowest BCUT2D eigenvalue weighted by atomic mass is 10.0. The molecule has 0 atom stereocenters. The van der Waals surface area contributed by atoms with E-state index < -0.39 is 0 Å². The monoisotopic (exact) mass is 507 g/mol. The summed E-state index contributed by atoms with van der Waals surface area (Å²) in [5, 5.41) is -0.251. The molecule has 0 spiro atoms. The number of ether oxygens (including phenoxy) is 1. The van der Waals surface area contributed by atoms with Crippen LogP contribution in [0.4, 0.5) is 4.79 Å². The van der Waals surface area contributed by atoms with Crippen molar-refractivity contribution in [2.45, 2.75) is 26.7 Å². The molecule has 0 bridgehead atoms. The van der Waals surface area contributed by atoms with Crippen LogP contribution in [-0.2, 0) is 4.79 Å². The molecule has 0 N–H and O–H groups in total. The minimum Gasteiger partial charge on any atom is -0.491 e. The average molecular weight is 507 g/mol. The van der Waals surface area contributed by atoms with Crippen molar-refractivity contribution in [3.8, 4) is 5.75 Å². The van der Waals surface area contributed by atoms with Gasteiger partial charge < -0.3 is 4.74 Å². The van der Waals surface area contributed by atoms with Gasteiger partial charge in [0.25, 0.3) is 11.1 Å². The molecule has 0 aromatic heterocycles. The second-order valence-electron chi connectivity index (χ2n) is 6.90. The van der Waals surface area contributed by atoms with E-state index in [1.54, 1.807) is 6.08 Å². The zero-order chi connectivity index (χ0) is 20.3. The number of carbonyl (C=O) groups excluding carboxylic acids is 2. The van der Waals surface area contributed by atoms with Gasteiger partial charge in [-0.15, -0.1) is 0 Å². The molecule has 2 aromatic carbocycles. The van der Waals surface area contributed by atoms with Gasteiger partial charge in [0.2, 0.25) is 0 Å². The third-order valence-electron chi connectivity index (χ3n) is 4.43. The lowest BCUT2D eigenvalue weighted by Crippen LogP contribution is -2.32. The smallest absolute Gasteiger partial charge is 0.293 e. The highest BCUT2D eigenvalue weighted by molar-refractivity contribution is 14.1. The Morgan fingerprint density at radius 1 is 1.18 bits per heavy atom. The van der Waals surface area contributed by atoms with Crippen molar-refractivity contribution in [1.29, 1.82) is 0 Å². The molecule has 6 heteroatoms. The Kier molecular flexibility index (Phi) is 6.82. The molecular formula is C22H22INO3S. The highest BCUT2D eigenvalue weighted by atomic mass is 127. The van der Waals surface area contributed by atoms with E-state index in [2.05, 4.69) is 48.6 Å². The summed E-state index contributed by atoms with van der Waals surface area (Å²) in [6.07, 6.45) is 1.78. The topological polar surface area (TPSA) is 46.6 Å². The van der Waals surface area contributed by atoms with Gasteiger partial charge in [-0.25, -0.2) is 0 Å². The molecule has 0 radical (unpaired) electrons. The highest BCUT2D eigenvalue weighted by Crippen LogP contribution is 2.33. The fraction of sp³-hybridized carbons (Fsp3) is 0.273. The number of rotatable bonds is 6. The second-order valence-corrected chi connectivity index (χ2v) is 9.05.